The second-order valence-corrected chi connectivity index (χ2v) is 3.82. The molecule has 0 aromatic heterocycles. The first-order chi connectivity index (χ1) is 7.18. The average Bonchev–Trinajstić information content (AvgIpc) is 2.24. The fraction of sp³-hybridized carbons (Fsp3) is 0.0769. The monoisotopic (exact) mass is 220 g/mol. The van der Waals surface area contributed by atoms with Crippen molar-refractivity contribution in [2.75, 3.05) is 0 Å². The molecule has 0 amide bonds. The summed E-state index contributed by atoms with van der Waals surface area (Å²) in [5.74, 6) is -0.234. The Hall–Kier alpha value is -1.34. The number of rotatable bonds is 1. The van der Waals surface area contributed by atoms with Crippen molar-refractivity contribution < 1.29 is 4.39 Å². The van der Waals surface area contributed by atoms with Crippen molar-refractivity contribution in [1.82, 2.24) is 0 Å². The van der Waals surface area contributed by atoms with E-state index in [0.717, 1.165) is 21.7 Å². The van der Waals surface area contributed by atoms with Crippen molar-refractivity contribution in [1.29, 1.82) is 0 Å². The van der Waals surface area contributed by atoms with Crippen molar-refractivity contribution >= 4 is 11.6 Å². The molecule has 2 aromatic rings. The van der Waals surface area contributed by atoms with E-state index in [4.69, 9.17) is 11.6 Å². The lowest BCUT2D eigenvalue weighted by atomic mass is 10.0. The third kappa shape index (κ3) is 2.02. The van der Waals surface area contributed by atoms with Crippen LogP contribution in [0.1, 0.15) is 5.56 Å². The van der Waals surface area contributed by atoms with E-state index in [2.05, 4.69) is 0 Å². The van der Waals surface area contributed by atoms with Crippen LogP contribution >= 0.6 is 11.6 Å². The van der Waals surface area contributed by atoms with Crippen molar-refractivity contribution in [2.24, 2.45) is 0 Å². The van der Waals surface area contributed by atoms with Crippen molar-refractivity contribution in [2.45, 2.75) is 6.92 Å². The van der Waals surface area contributed by atoms with E-state index in [1.807, 2.05) is 25.1 Å². The van der Waals surface area contributed by atoms with Gasteiger partial charge in [0.2, 0.25) is 0 Å². The molecule has 0 atom stereocenters. The Morgan fingerprint density at radius 1 is 1.00 bits per heavy atom. The van der Waals surface area contributed by atoms with E-state index in [-0.39, 0.29) is 5.82 Å². The van der Waals surface area contributed by atoms with Crippen molar-refractivity contribution in [3.05, 3.63) is 58.9 Å². The summed E-state index contributed by atoms with van der Waals surface area (Å²) in [5.41, 5.74) is 2.90. The Labute approximate surface area is 93.3 Å². The van der Waals surface area contributed by atoms with Crippen LogP contribution in [-0.4, -0.2) is 0 Å². The van der Waals surface area contributed by atoms with Gasteiger partial charge in [0.05, 0.1) is 5.02 Å². The van der Waals surface area contributed by atoms with Gasteiger partial charge in [-0.2, -0.15) is 0 Å². The first-order valence-corrected chi connectivity index (χ1v) is 5.07. The lowest BCUT2D eigenvalue weighted by molar-refractivity contribution is 0.628. The molecular weight excluding hydrogens is 211 g/mol. The Balaban J connectivity index is 2.54. The molecule has 0 aliphatic rings. The van der Waals surface area contributed by atoms with Crippen molar-refractivity contribution in [3.63, 3.8) is 0 Å². The molecule has 0 fully saturated rings. The van der Waals surface area contributed by atoms with Gasteiger partial charge in [-0.25, -0.2) is 4.39 Å². The van der Waals surface area contributed by atoms with Crippen LogP contribution in [0.2, 0.25) is 5.02 Å². The van der Waals surface area contributed by atoms with Gasteiger partial charge >= 0.3 is 0 Å². The predicted octanol–water partition coefficient (Wildman–Crippen LogP) is 4.45. The second kappa shape index (κ2) is 4.03. The Bertz CT molecular complexity index is 474. The van der Waals surface area contributed by atoms with Gasteiger partial charge in [0, 0.05) is 5.56 Å². The molecule has 0 heterocycles. The van der Waals surface area contributed by atoms with Crippen LogP contribution < -0.4 is 0 Å². The van der Waals surface area contributed by atoms with Crippen LogP contribution in [0.25, 0.3) is 11.1 Å². The smallest absolute Gasteiger partial charge is 0.123 e. The number of halogens is 2. The molecule has 0 radical (unpaired) electrons. The summed E-state index contributed by atoms with van der Waals surface area (Å²) in [6, 6.07) is 12.2. The number of benzene rings is 2. The summed E-state index contributed by atoms with van der Waals surface area (Å²) in [6.45, 7) is 1.95. The third-order valence-corrected chi connectivity index (χ3v) is 2.85. The van der Waals surface area contributed by atoms with Gasteiger partial charge in [0.1, 0.15) is 5.82 Å². The number of hydrogen-bond donors (Lipinski definition) is 0. The normalized spacial score (nSPS) is 10.3. The summed E-state index contributed by atoms with van der Waals surface area (Å²) in [5, 5.41) is 0.726. The van der Waals surface area contributed by atoms with Gasteiger partial charge in [-0.1, -0.05) is 41.9 Å². The minimum absolute atomic E-state index is 0.234. The third-order valence-electron chi connectivity index (χ3n) is 2.35. The zero-order valence-corrected chi connectivity index (χ0v) is 9.05. The van der Waals surface area contributed by atoms with Gasteiger partial charge in [-0.05, 0) is 30.2 Å². The molecule has 0 aliphatic carbocycles. The van der Waals surface area contributed by atoms with E-state index in [0.29, 0.717) is 0 Å². The van der Waals surface area contributed by atoms with Crippen LogP contribution in [0.5, 0.6) is 0 Å². The molecule has 0 saturated heterocycles. The van der Waals surface area contributed by atoms with Crippen molar-refractivity contribution in [3.8, 4) is 11.1 Å². The summed E-state index contributed by atoms with van der Waals surface area (Å²) in [7, 11) is 0. The Kier molecular flexibility index (Phi) is 2.74. The standard InChI is InChI=1S/C13H10ClF/c1-9-3-2-4-12(13(9)14)10-5-7-11(15)8-6-10/h2-8H,1H3. The van der Waals surface area contributed by atoms with Crippen LogP contribution in [0, 0.1) is 12.7 Å². The lowest BCUT2D eigenvalue weighted by Gasteiger charge is -2.06. The topological polar surface area (TPSA) is 0 Å². The highest BCUT2D eigenvalue weighted by Crippen LogP contribution is 2.30. The quantitative estimate of drug-likeness (QED) is 0.666. The molecule has 0 nitrogen and oxygen atoms in total. The minimum Gasteiger partial charge on any atom is -0.207 e. The summed E-state index contributed by atoms with van der Waals surface area (Å²) < 4.78 is 12.7. The number of aryl methyl sites for hydroxylation is 1. The molecule has 0 N–H and O–H groups in total. The summed E-state index contributed by atoms with van der Waals surface area (Å²) in [6.07, 6.45) is 0. The first-order valence-electron chi connectivity index (χ1n) is 4.69. The average molecular weight is 221 g/mol. The van der Waals surface area contributed by atoms with E-state index in [1.165, 1.54) is 12.1 Å². The zero-order chi connectivity index (χ0) is 10.8. The first kappa shape index (κ1) is 10.2. The lowest BCUT2D eigenvalue weighted by Crippen LogP contribution is -1.83. The molecule has 2 aromatic carbocycles. The molecule has 2 heteroatoms. The fourth-order valence-corrected chi connectivity index (χ4v) is 1.73. The maximum absolute atomic E-state index is 12.7. The fourth-order valence-electron chi connectivity index (χ4n) is 1.50. The molecule has 2 rings (SSSR count). The van der Waals surface area contributed by atoms with E-state index >= 15 is 0 Å². The van der Waals surface area contributed by atoms with Gasteiger partial charge in [-0.15, -0.1) is 0 Å². The zero-order valence-electron chi connectivity index (χ0n) is 8.30. The van der Waals surface area contributed by atoms with E-state index < -0.39 is 0 Å². The van der Waals surface area contributed by atoms with Crippen LogP contribution in [0.3, 0.4) is 0 Å². The SMILES string of the molecule is Cc1cccc(-c2ccc(F)cc2)c1Cl. The summed E-state index contributed by atoms with van der Waals surface area (Å²) in [4.78, 5) is 0. The molecule has 0 aliphatic heterocycles. The molecule has 76 valence electrons. The predicted molar refractivity (Wildman–Crippen MR) is 61.6 cm³/mol. The van der Waals surface area contributed by atoms with Crippen LogP contribution in [0.4, 0.5) is 4.39 Å². The Morgan fingerprint density at radius 3 is 2.33 bits per heavy atom. The molecule has 0 saturated carbocycles. The second-order valence-electron chi connectivity index (χ2n) is 3.44. The van der Waals surface area contributed by atoms with Gasteiger partial charge in [0.15, 0.2) is 0 Å². The molecule has 0 bridgehead atoms. The molecule has 15 heavy (non-hydrogen) atoms. The molecular formula is C13H10ClF. The largest absolute Gasteiger partial charge is 0.207 e. The Morgan fingerprint density at radius 2 is 1.67 bits per heavy atom. The van der Waals surface area contributed by atoms with Gasteiger partial charge in [-0.3, -0.25) is 0 Å². The van der Waals surface area contributed by atoms with E-state index in [1.54, 1.807) is 12.1 Å². The van der Waals surface area contributed by atoms with Crippen LogP contribution in [0.15, 0.2) is 42.5 Å². The maximum Gasteiger partial charge on any atom is 0.123 e. The molecule has 0 unspecified atom stereocenters. The van der Waals surface area contributed by atoms with Gasteiger partial charge in [0.25, 0.3) is 0 Å². The number of hydrogen-bond acceptors (Lipinski definition) is 0. The van der Waals surface area contributed by atoms with Crippen LogP contribution in [-0.2, 0) is 0 Å². The summed E-state index contributed by atoms with van der Waals surface area (Å²) >= 11 is 6.17. The van der Waals surface area contributed by atoms with Gasteiger partial charge < -0.3 is 0 Å². The highest BCUT2D eigenvalue weighted by atomic mass is 35.5. The maximum atomic E-state index is 12.7. The molecule has 0 spiro atoms. The highest BCUT2D eigenvalue weighted by molar-refractivity contribution is 6.34. The minimum atomic E-state index is -0.234. The highest BCUT2D eigenvalue weighted by Gasteiger charge is 2.04. The van der Waals surface area contributed by atoms with E-state index in [9.17, 15) is 4.39 Å².